The normalized spacial score (nSPS) is 15.4. The molecule has 0 rings (SSSR count). The lowest BCUT2D eigenvalue weighted by Gasteiger charge is -2.32. The van der Waals surface area contributed by atoms with Gasteiger partial charge in [-0.05, 0) is 61.8 Å². The van der Waals surface area contributed by atoms with E-state index in [0.717, 1.165) is 0 Å². The molecule has 6 heteroatoms. The predicted molar refractivity (Wildman–Crippen MR) is 92.1 cm³/mol. The largest absolute Gasteiger partial charge is 0.385 e. The van der Waals surface area contributed by atoms with Crippen molar-refractivity contribution >= 4 is 11.6 Å². The van der Waals surface area contributed by atoms with Gasteiger partial charge in [0.25, 0.3) is 0 Å². The molecule has 0 bridgehead atoms. The maximum atomic E-state index is 12.6. The van der Waals surface area contributed by atoms with Crippen LogP contribution in [0.15, 0.2) is 0 Å². The molecule has 0 saturated carbocycles. The lowest BCUT2D eigenvalue weighted by molar-refractivity contribution is -0.169. The van der Waals surface area contributed by atoms with E-state index in [9.17, 15) is 14.7 Å². The minimum absolute atomic E-state index is 0.168. The van der Waals surface area contributed by atoms with Crippen molar-refractivity contribution in [2.24, 2.45) is 0 Å². The number of hydrogen-bond donors (Lipinski definition) is 1. The number of ketones is 2. The van der Waals surface area contributed by atoms with Crippen LogP contribution in [-0.2, 0) is 23.8 Å². The number of hydrogen-bond acceptors (Lipinski definition) is 6. The van der Waals surface area contributed by atoms with Gasteiger partial charge in [-0.15, -0.1) is 0 Å². The molecule has 0 amide bonds. The summed E-state index contributed by atoms with van der Waals surface area (Å²) in [4.78, 5) is 24.5. The van der Waals surface area contributed by atoms with Crippen LogP contribution >= 0.6 is 0 Å². The molecule has 0 aliphatic carbocycles. The van der Waals surface area contributed by atoms with Crippen molar-refractivity contribution in [3.63, 3.8) is 0 Å². The summed E-state index contributed by atoms with van der Waals surface area (Å²) in [7, 11) is 0. The summed E-state index contributed by atoms with van der Waals surface area (Å²) in [6.45, 7) is 14.3. The van der Waals surface area contributed by atoms with Gasteiger partial charge in [0, 0.05) is 6.61 Å². The highest BCUT2D eigenvalue weighted by Crippen LogP contribution is 2.21. The first kappa shape index (κ1) is 23.2. The lowest BCUT2D eigenvalue weighted by Crippen LogP contribution is -2.49. The number of aliphatic hydroxyl groups is 1. The molecule has 0 aliphatic heterocycles. The van der Waals surface area contributed by atoms with Gasteiger partial charge in [0.05, 0.1) is 12.7 Å². The average molecular weight is 346 g/mol. The van der Waals surface area contributed by atoms with Crippen LogP contribution in [0, 0.1) is 0 Å². The van der Waals surface area contributed by atoms with Crippen LogP contribution < -0.4 is 0 Å². The minimum Gasteiger partial charge on any atom is -0.385 e. The zero-order valence-electron chi connectivity index (χ0n) is 16.3. The van der Waals surface area contributed by atoms with Crippen molar-refractivity contribution < 1.29 is 28.9 Å². The van der Waals surface area contributed by atoms with Crippen LogP contribution in [-0.4, -0.2) is 59.4 Å². The molecule has 2 unspecified atom stereocenters. The van der Waals surface area contributed by atoms with Crippen molar-refractivity contribution in [1.29, 1.82) is 0 Å². The Bertz CT molecular complexity index is 412. The lowest BCUT2D eigenvalue weighted by atomic mass is 9.96. The summed E-state index contributed by atoms with van der Waals surface area (Å²) >= 11 is 0. The SMILES string of the molecule is CC(C)OCCCOC(C)(C)C(=O)C(C)OC(C)(C)C(=O)C(C)O. The van der Waals surface area contributed by atoms with Crippen molar-refractivity contribution in [1.82, 2.24) is 0 Å². The molecule has 0 spiro atoms. The van der Waals surface area contributed by atoms with Gasteiger partial charge in [-0.3, -0.25) is 9.59 Å². The number of ether oxygens (including phenoxy) is 3. The minimum atomic E-state index is -1.25. The number of aliphatic hydroxyl groups excluding tert-OH is 1. The van der Waals surface area contributed by atoms with Gasteiger partial charge in [-0.25, -0.2) is 0 Å². The van der Waals surface area contributed by atoms with Gasteiger partial charge >= 0.3 is 0 Å². The zero-order chi connectivity index (χ0) is 19.1. The Morgan fingerprint density at radius 1 is 0.917 bits per heavy atom. The van der Waals surface area contributed by atoms with Crippen LogP contribution in [0.4, 0.5) is 0 Å². The topological polar surface area (TPSA) is 82.1 Å². The van der Waals surface area contributed by atoms with E-state index in [4.69, 9.17) is 14.2 Å². The summed E-state index contributed by atoms with van der Waals surface area (Å²) in [6, 6.07) is 0. The Kier molecular flexibility index (Phi) is 9.28. The van der Waals surface area contributed by atoms with Crippen LogP contribution in [0.2, 0.25) is 0 Å². The summed E-state index contributed by atoms with van der Waals surface area (Å²) < 4.78 is 16.7. The summed E-state index contributed by atoms with van der Waals surface area (Å²) in [5.74, 6) is -0.717. The molecule has 0 fully saturated rings. The van der Waals surface area contributed by atoms with Crippen molar-refractivity contribution in [2.75, 3.05) is 13.2 Å². The molecule has 24 heavy (non-hydrogen) atoms. The molecular weight excluding hydrogens is 312 g/mol. The molecule has 0 aliphatic rings. The standard InChI is InChI=1S/C18H34O6/c1-12(2)22-10-9-11-23-17(5,6)16(21)14(4)24-18(7,8)15(20)13(3)19/h12-14,19H,9-11H2,1-8H3. The van der Waals surface area contributed by atoms with Crippen LogP contribution in [0.5, 0.6) is 0 Å². The zero-order valence-corrected chi connectivity index (χ0v) is 16.3. The third kappa shape index (κ3) is 7.83. The highest BCUT2D eigenvalue weighted by molar-refractivity contribution is 5.92. The van der Waals surface area contributed by atoms with Crippen LogP contribution in [0.1, 0.15) is 61.8 Å². The monoisotopic (exact) mass is 346 g/mol. The van der Waals surface area contributed by atoms with Gasteiger partial charge in [-0.2, -0.15) is 0 Å². The van der Waals surface area contributed by atoms with Gasteiger partial charge in [0.2, 0.25) is 0 Å². The van der Waals surface area contributed by atoms with E-state index in [1.165, 1.54) is 6.92 Å². The van der Waals surface area contributed by atoms with Gasteiger partial charge < -0.3 is 19.3 Å². The van der Waals surface area contributed by atoms with E-state index in [0.29, 0.717) is 19.6 Å². The summed E-state index contributed by atoms with van der Waals surface area (Å²) in [6.07, 6.45) is -1.12. The van der Waals surface area contributed by atoms with E-state index >= 15 is 0 Å². The smallest absolute Gasteiger partial charge is 0.192 e. The van der Waals surface area contributed by atoms with Gasteiger partial charge in [0.1, 0.15) is 23.4 Å². The third-order valence-corrected chi connectivity index (χ3v) is 3.61. The Morgan fingerprint density at radius 3 is 1.92 bits per heavy atom. The first-order chi connectivity index (χ1) is 10.8. The Morgan fingerprint density at radius 2 is 1.46 bits per heavy atom. The number of Topliss-reactive ketones (excluding diaryl/α,β-unsaturated/α-hetero) is 2. The van der Waals surface area contributed by atoms with E-state index < -0.39 is 29.2 Å². The highest BCUT2D eigenvalue weighted by Gasteiger charge is 2.39. The Balaban J connectivity index is 4.55. The number of carbonyl (C=O) groups is 2. The van der Waals surface area contributed by atoms with E-state index in [-0.39, 0.29) is 11.9 Å². The molecule has 142 valence electrons. The van der Waals surface area contributed by atoms with Crippen LogP contribution in [0.3, 0.4) is 0 Å². The van der Waals surface area contributed by atoms with E-state index in [1.807, 2.05) is 13.8 Å². The first-order valence-electron chi connectivity index (χ1n) is 8.51. The maximum absolute atomic E-state index is 12.6. The van der Waals surface area contributed by atoms with Crippen LogP contribution in [0.25, 0.3) is 0 Å². The summed E-state index contributed by atoms with van der Waals surface area (Å²) in [5, 5.41) is 9.42. The fourth-order valence-corrected chi connectivity index (χ4v) is 2.32. The predicted octanol–water partition coefficient (Wildman–Crippen LogP) is 2.30. The maximum Gasteiger partial charge on any atom is 0.192 e. The van der Waals surface area contributed by atoms with Crippen molar-refractivity contribution in [3.8, 4) is 0 Å². The fraction of sp³-hybridized carbons (Fsp3) is 0.889. The molecule has 6 nitrogen and oxygen atoms in total. The fourth-order valence-electron chi connectivity index (χ4n) is 2.32. The summed E-state index contributed by atoms with van der Waals surface area (Å²) in [5.41, 5.74) is -2.27. The molecule has 0 aromatic carbocycles. The van der Waals surface area contributed by atoms with Gasteiger partial charge in [-0.1, -0.05) is 0 Å². The Labute approximate surface area is 145 Å². The van der Waals surface area contributed by atoms with Crippen molar-refractivity contribution in [3.05, 3.63) is 0 Å². The number of rotatable bonds is 12. The third-order valence-electron chi connectivity index (χ3n) is 3.61. The Hall–Kier alpha value is -0.820. The highest BCUT2D eigenvalue weighted by atomic mass is 16.5. The molecule has 0 saturated heterocycles. The molecular formula is C18H34O6. The van der Waals surface area contributed by atoms with E-state index in [2.05, 4.69) is 0 Å². The van der Waals surface area contributed by atoms with Gasteiger partial charge in [0.15, 0.2) is 11.6 Å². The molecule has 0 aromatic heterocycles. The molecule has 2 atom stereocenters. The average Bonchev–Trinajstić information content (AvgIpc) is 2.43. The molecule has 0 radical (unpaired) electrons. The second kappa shape index (κ2) is 9.61. The van der Waals surface area contributed by atoms with E-state index in [1.54, 1.807) is 34.6 Å². The second-order valence-corrected chi connectivity index (χ2v) is 7.31. The quantitative estimate of drug-likeness (QED) is 0.546. The molecule has 0 heterocycles. The first-order valence-corrected chi connectivity index (χ1v) is 8.51. The number of carbonyl (C=O) groups excluding carboxylic acids is 2. The molecule has 0 aromatic rings. The van der Waals surface area contributed by atoms with Crippen molar-refractivity contribution in [2.45, 2.75) is 91.3 Å². The molecule has 1 N–H and O–H groups in total. The second-order valence-electron chi connectivity index (χ2n) is 7.31.